The van der Waals surface area contributed by atoms with Crippen molar-refractivity contribution in [3.8, 4) is 0 Å². The molecular weight excluding hydrogens is 396 g/mol. The number of hydroxylamine groups is 3. The van der Waals surface area contributed by atoms with Gasteiger partial charge in [0.2, 0.25) is 5.91 Å². The van der Waals surface area contributed by atoms with Crippen molar-refractivity contribution in [3.63, 3.8) is 0 Å². The van der Waals surface area contributed by atoms with Gasteiger partial charge in [0.05, 0.1) is 5.56 Å². The average Bonchev–Trinajstić information content (AvgIpc) is 3.01. The first-order chi connectivity index (χ1) is 14.9. The summed E-state index contributed by atoms with van der Waals surface area (Å²) in [7, 11) is 1.91. The highest BCUT2D eigenvalue weighted by Gasteiger charge is 2.49. The lowest BCUT2D eigenvalue weighted by atomic mass is 10.0. The van der Waals surface area contributed by atoms with E-state index in [-0.39, 0.29) is 19.4 Å². The summed E-state index contributed by atoms with van der Waals surface area (Å²) in [6, 6.07) is 12.5. The number of amides is 3. The Morgan fingerprint density at radius 3 is 2.55 bits per heavy atom. The van der Waals surface area contributed by atoms with Crippen molar-refractivity contribution < 1.29 is 19.0 Å². The van der Waals surface area contributed by atoms with Crippen LogP contribution in [0.1, 0.15) is 39.9 Å². The highest BCUT2D eigenvalue weighted by molar-refractivity contribution is 6.02. The molecule has 3 amide bonds. The topological polar surface area (TPSA) is 110 Å². The van der Waals surface area contributed by atoms with Crippen LogP contribution in [0.15, 0.2) is 42.5 Å². The number of hydrogen-bond donors (Lipinski definition) is 3. The molecule has 1 saturated heterocycles. The fraction of sp³-hybridized carbons (Fsp3) is 0.348. The Labute approximate surface area is 180 Å². The molecule has 2 atom stereocenters. The summed E-state index contributed by atoms with van der Waals surface area (Å²) in [6.07, 6.45) is 0.947. The fourth-order valence-corrected chi connectivity index (χ4v) is 4.33. The molecular formula is C23H26N4O4. The quantitative estimate of drug-likeness (QED) is 0.357. The Kier molecular flexibility index (Phi) is 5.86. The van der Waals surface area contributed by atoms with Gasteiger partial charge in [-0.15, -0.1) is 0 Å². The molecule has 0 saturated carbocycles. The third-order valence-corrected chi connectivity index (χ3v) is 5.99. The van der Waals surface area contributed by atoms with Gasteiger partial charge in [0, 0.05) is 37.2 Å². The lowest BCUT2D eigenvalue weighted by Gasteiger charge is -2.42. The Balaban J connectivity index is 1.46. The van der Waals surface area contributed by atoms with Crippen LogP contribution in [0.5, 0.6) is 0 Å². The molecule has 2 heterocycles. The Bertz CT molecular complexity index is 1020. The first-order valence-corrected chi connectivity index (χ1v) is 10.5. The molecule has 3 N–H and O–H groups in total. The summed E-state index contributed by atoms with van der Waals surface area (Å²) in [5.74, 6) is -1.68. The maximum atomic E-state index is 13.5. The summed E-state index contributed by atoms with van der Waals surface area (Å²) >= 11 is 0. The van der Waals surface area contributed by atoms with Crippen LogP contribution in [0.4, 0.5) is 5.69 Å². The molecule has 1 fully saturated rings. The van der Waals surface area contributed by atoms with Crippen LogP contribution in [-0.4, -0.2) is 42.0 Å². The van der Waals surface area contributed by atoms with Crippen molar-refractivity contribution >= 4 is 23.4 Å². The molecule has 8 nitrogen and oxygen atoms in total. The SMILES string of the molecule is CNCc1ccc(CCNc2cccc3c2C[N+]([O-])(C2CCC(=O)NC2=O)C3=O)cc1. The molecule has 162 valence electrons. The van der Waals surface area contributed by atoms with E-state index < -0.39 is 28.4 Å². The zero-order valence-corrected chi connectivity index (χ0v) is 17.4. The molecule has 4 rings (SSSR count). The molecule has 2 unspecified atom stereocenters. The van der Waals surface area contributed by atoms with Crippen LogP contribution in [0, 0.1) is 5.21 Å². The van der Waals surface area contributed by atoms with Gasteiger partial charge in [-0.05, 0) is 36.7 Å². The van der Waals surface area contributed by atoms with Gasteiger partial charge in [0.15, 0.2) is 6.04 Å². The van der Waals surface area contributed by atoms with E-state index >= 15 is 0 Å². The predicted octanol–water partition coefficient (Wildman–Crippen LogP) is 1.83. The molecule has 2 aromatic carbocycles. The van der Waals surface area contributed by atoms with Crippen molar-refractivity contribution in [1.29, 1.82) is 0 Å². The molecule has 0 aromatic heterocycles. The number of piperidine rings is 1. The average molecular weight is 422 g/mol. The Hall–Kier alpha value is -3.07. The van der Waals surface area contributed by atoms with Gasteiger partial charge in [-0.25, -0.2) is 4.79 Å². The van der Waals surface area contributed by atoms with E-state index in [2.05, 4.69) is 40.2 Å². The third-order valence-electron chi connectivity index (χ3n) is 5.99. The molecule has 0 aliphatic carbocycles. The molecule has 0 radical (unpaired) electrons. The van der Waals surface area contributed by atoms with Crippen LogP contribution in [0.25, 0.3) is 0 Å². The van der Waals surface area contributed by atoms with Crippen molar-refractivity contribution in [2.75, 3.05) is 18.9 Å². The summed E-state index contributed by atoms with van der Waals surface area (Å²) in [4.78, 5) is 36.6. The minimum atomic E-state index is -1.26. The second-order valence-corrected chi connectivity index (χ2v) is 8.08. The van der Waals surface area contributed by atoms with E-state index in [0.717, 1.165) is 18.7 Å². The van der Waals surface area contributed by atoms with E-state index in [1.807, 2.05) is 13.1 Å². The summed E-state index contributed by atoms with van der Waals surface area (Å²) in [5.41, 5.74) is 4.13. The number of benzene rings is 2. The first kappa shape index (κ1) is 21.2. The number of nitrogens with one attached hydrogen (secondary N) is 3. The molecule has 2 aliphatic heterocycles. The van der Waals surface area contributed by atoms with Gasteiger partial charge < -0.3 is 15.8 Å². The number of fused-ring (bicyclic) bond motifs is 1. The van der Waals surface area contributed by atoms with E-state index in [1.165, 1.54) is 11.1 Å². The standard InChI is InChI=1S/C23H26N4O4/c1-24-13-16-7-5-15(6-8-16)11-12-25-19-4-2-3-17-18(19)14-27(31,23(17)30)20-9-10-21(28)26-22(20)29/h2-8,20,24-25H,9-14H2,1H3,(H,26,28,29). The minimum absolute atomic E-state index is 0.0699. The smallest absolute Gasteiger partial charge is 0.347 e. The number of hydrogen-bond acceptors (Lipinski definition) is 6. The van der Waals surface area contributed by atoms with Gasteiger partial charge >= 0.3 is 5.91 Å². The van der Waals surface area contributed by atoms with Crippen molar-refractivity contribution in [2.45, 2.75) is 38.4 Å². The van der Waals surface area contributed by atoms with E-state index in [1.54, 1.807) is 12.1 Å². The van der Waals surface area contributed by atoms with Crippen molar-refractivity contribution in [3.05, 3.63) is 69.9 Å². The molecule has 8 heteroatoms. The fourth-order valence-electron chi connectivity index (χ4n) is 4.33. The number of carbonyl (C=O) groups is 3. The lowest BCUT2D eigenvalue weighted by Crippen LogP contribution is -2.60. The van der Waals surface area contributed by atoms with E-state index in [4.69, 9.17) is 0 Å². The molecule has 2 aliphatic rings. The number of imide groups is 1. The Morgan fingerprint density at radius 1 is 1.10 bits per heavy atom. The minimum Gasteiger partial charge on any atom is -0.624 e. The van der Waals surface area contributed by atoms with Crippen LogP contribution < -0.4 is 16.0 Å². The summed E-state index contributed by atoms with van der Waals surface area (Å²) in [5, 5.41) is 22.1. The van der Waals surface area contributed by atoms with Crippen LogP contribution in [-0.2, 0) is 29.1 Å². The molecule has 0 bridgehead atoms. The van der Waals surface area contributed by atoms with Gasteiger partial charge in [-0.2, -0.15) is 0 Å². The van der Waals surface area contributed by atoms with Gasteiger partial charge in [0.1, 0.15) is 6.54 Å². The number of anilines is 1. The summed E-state index contributed by atoms with van der Waals surface area (Å²) < 4.78 is -1.26. The van der Waals surface area contributed by atoms with Crippen LogP contribution >= 0.6 is 0 Å². The zero-order chi connectivity index (χ0) is 22.0. The summed E-state index contributed by atoms with van der Waals surface area (Å²) in [6.45, 7) is 1.36. The maximum absolute atomic E-state index is 13.5. The maximum Gasteiger partial charge on any atom is 0.347 e. The second-order valence-electron chi connectivity index (χ2n) is 8.08. The molecule has 2 aromatic rings. The third kappa shape index (κ3) is 4.10. The normalized spacial score (nSPS) is 22.9. The number of carbonyl (C=O) groups excluding carboxylic acids is 3. The highest BCUT2D eigenvalue weighted by atomic mass is 16.6. The number of rotatable bonds is 7. The number of quaternary nitrogens is 1. The van der Waals surface area contributed by atoms with Gasteiger partial charge in [-0.1, -0.05) is 30.3 Å². The largest absolute Gasteiger partial charge is 0.624 e. The van der Waals surface area contributed by atoms with Gasteiger partial charge in [-0.3, -0.25) is 19.6 Å². The van der Waals surface area contributed by atoms with Crippen molar-refractivity contribution in [1.82, 2.24) is 10.6 Å². The first-order valence-electron chi connectivity index (χ1n) is 10.5. The van der Waals surface area contributed by atoms with Gasteiger partial charge in [0.25, 0.3) is 5.91 Å². The van der Waals surface area contributed by atoms with E-state index in [0.29, 0.717) is 17.7 Å². The monoisotopic (exact) mass is 422 g/mol. The van der Waals surface area contributed by atoms with Crippen molar-refractivity contribution in [2.24, 2.45) is 0 Å². The molecule has 0 spiro atoms. The lowest BCUT2D eigenvalue weighted by molar-refractivity contribution is -0.825. The van der Waals surface area contributed by atoms with Crippen LogP contribution in [0.2, 0.25) is 0 Å². The zero-order valence-electron chi connectivity index (χ0n) is 17.4. The van der Waals surface area contributed by atoms with Crippen LogP contribution in [0.3, 0.4) is 0 Å². The second kappa shape index (κ2) is 8.58. The number of nitrogens with zero attached hydrogens (tertiary/aromatic N) is 1. The van der Waals surface area contributed by atoms with E-state index in [9.17, 15) is 19.6 Å². The molecule has 31 heavy (non-hydrogen) atoms. The predicted molar refractivity (Wildman–Crippen MR) is 116 cm³/mol. The highest BCUT2D eigenvalue weighted by Crippen LogP contribution is 2.37. The Morgan fingerprint density at radius 2 is 1.84 bits per heavy atom.